The van der Waals surface area contributed by atoms with Gasteiger partial charge in [-0.15, -0.1) is 16.8 Å². The Morgan fingerprint density at radius 2 is 1.97 bits per heavy atom. The van der Waals surface area contributed by atoms with Crippen molar-refractivity contribution < 1.29 is 18.3 Å². The average molecular weight is 445 g/mol. The number of benzene rings is 2. The number of alkyl halides is 2. The van der Waals surface area contributed by atoms with E-state index in [0.29, 0.717) is 23.1 Å². The molecule has 2 aromatic carbocycles. The molecule has 0 atom stereocenters. The highest BCUT2D eigenvalue weighted by molar-refractivity contribution is 7.99. The monoisotopic (exact) mass is 444 g/mol. The molecule has 9 heteroatoms. The SMILES string of the molecule is C=CCn1c(SCC(=O)Nc2cccc(C)c2C)nnc1-c1ccc(OC(F)F)cc1. The molecule has 31 heavy (non-hydrogen) atoms. The minimum absolute atomic E-state index is 0.0613. The van der Waals surface area contributed by atoms with Gasteiger partial charge >= 0.3 is 6.61 Å². The van der Waals surface area contributed by atoms with Gasteiger partial charge in [0.1, 0.15) is 5.75 Å². The quantitative estimate of drug-likeness (QED) is 0.368. The minimum Gasteiger partial charge on any atom is -0.435 e. The fraction of sp³-hybridized carbons (Fsp3) is 0.227. The summed E-state index contributed by atoms with van der Waals surface area (Å²) < 4.78 is 30.9. The molecular weight excluding hydrogens is 422 g/mol. The third-order valence-electron chi connectivity index (χ3n) is 4.58. The maximum Gasteiger partial charge on any atom is 0.387 e. The molecule has 0 aliphatic heterocycles. The van der Waals surface area contributed by atoms with Crippen molar-refractivity contribution in [2.45, 2.75) is 32.2 Å². The fourth-order valence-electron chi connectivity index (χ4n) is 2.89. The van der Waals surface area contributed by atoms with Gasteiger partial charge in [-0.2, -0.15) is 8.78 Å². The Balaban J connectivity index is 1.72. The number of carbonyl (C=O) groups is 1. The van der Waals surface area contributed by atoms with E-state index in [2.05, 4.69) is 26.8 Å². The summed E-state index contributed by atoms with van der Waals surface area (Å²) in [5.74, 6) is 0.609. The van der Waals surface area contributed by atoms with E-state index in [4.69, 9.17) is 0 Å². The number of allylic oxidation sites excluding steroid dienone is 1. The number of ether oxygens (including phenoxy) is 1. The highest BCUT2D eigenvalue weighted by atomic mass is 32.2. The topological polar surface area (TPSA) is 69.0 Å². The predicted molar refractivity (Wildman–Crippen MR) is 118 cm³/mol. The van der Waals surface area contributed by atoms with E-state index in [-0.39, 0.29) is 17.4 Å². The minimum atomic E-state index is -2.88. The van der Waals surface area contributed by atoms with Crippen molar-refractivity contribution in [1.29, 1.82) is 0 Å². The molecule has 1 heterocycles. The van der Waals surface area contributed by atoms with Gasteiger partial charge in [0.05, 0.1) is 5.75 Å². The summed E-state index contributed by atoms with van der Waals surface area (Å²) in [4.78, 5) is 12.4. The summed E-state index contributed by atoms with van der Waals surface area (Å²) >= 11 is 1.26. The molecule has 1 N–H and O–H groups in total. The molecule has 0 spiro atoms. The van der Waals surface area contributed by atoms with Gasteiger partial charge in [-0.25, -0.2) is 0 Å². The van der Waals surface area contributed by atoms with Crippen molar-refractivity contribution >= 4 is 23.4 Å². The largest absolute Gasteiger partial charge is 0.435 e. The van der Waals surface area contributed by atoms with Crippen LogP contribution in [-0.4, -0.2) is 33.0 Å². The summed E-state index contributed by atoms with van der Waals surface area (Å²) in [7, 11) is 0. The molecule has 0 unspecified atom stereocenters. The molecule has 0 aliphatic rings. The Morgan fingerprint density at radius 1 is 1.23 bits per heavy atom. The van der Waals surface area contributed by atoms with Crippen molar-refractivity contribution in [3.63, 3.8) is 0 Å². The molecule has 0 saturated carbocycles. The third kappa shape index (κ3) is 5.69. The van der Waals surface area contributed by atoms with Crippen LogP contribution < -0.4 is 10.1 Å². The van der Waals surface area contributed by atoms with Crippen LogP contribution in [0.5, 0.6) is 5.75 Å². The molecule has 1 aromatic heterocycles. The summed E-state index contributed by atoms with van der Waals surface area (Å²) in [6.45, 7) is 5.26. The van der Waals surface area contributed by atoms with E-state index in [1.54, 1.807) is 18.2 Å². The van der Waals surface area contributed by atoms with Gasteiger partial charge in [-0.3, -0.25) is 9.36 Å². The molecule has 0 radical (unpaired) electrons. The van der Waals surface area contributed by atoms with Crippen LogP contribution in [0.4, 0.5) is 14.5 Å². The lowest BCUT2D eigenvalue weighted by Crippen LogP contribution is -2.15. The molecule has 0 bridgehead atoms. The van der Waals surface area contributed by atoms with Crippen molar-refractivity contribution in [2.75, 3.05) is 11.1 Å². The number of hydrogen-bond acceptors (Lipinski definition) is 5. The number of amides is 1. The van der Waals surface area contributed by atoms with Crippen molar-refractivity contribution in [1.82, 2.24) is 14.8 Å². The lowest BCUT2D eigenvalue weighted by molar-refractivity contribution is -0.113. The van der Waals surface area contributed by atoms with E-state index in [9.17, 15) is 13.6 Å². The van der Waals surface area contributed by atoms with Crippen LogP contribution in [0.15, 0.2) is 60.3 Å². The predicted octanol–water partition coefficient (Wildman–Crippen LogP) is 5.08. The first kappa shape index (κ1) is 22.5. The van der Waals surface area contributed by atoms with Crippen LogP contribution in [0.3, 0.4) is 0 Å². The lowest BCUT2D eigenvalue weighted by Gasteiger charge is -2.11. The van der Waals surface area contributed by atoms with Crippen LogP contribution in [-0.2, 0) is 11.3 Å². The molecule has 1 amide bonds. The van der Waals surface area contributed by atoms with Crippen molar-refractivity contribution in [3.8, 4) is 17.1 Å². The van der Waals surface area contributed by atoms with Gasteiger partial charge in [0.2, 0.25) is 5.91 Å². The first-order valence-electron chi connectivity index (χ1n) is 9.47. The number of aryl methyl sites for hydroxylation is 1. The van der Waals surface area contributed by atoms with Gasteiger partial charge in [0.15, 0.2) is 11.0 Å². The highest BCUT2D eigenvalue weighted by Gasteiger charge is 2.16. The van der Waals surface area contributed by atoms with Crippen LogP contribution >= 0.6 is 11.8 Å². The van der Waals surface area contributed by atoms with Crippen molar-refractivity contribution in [3.05, 3.63) is 66.2 Å². The standard InChI is InChI=1S/C22H22F2N4O2S/c1-4-12-28-20(16-8-10-17(11-9-16)30-21(23)24)26-27-22(28)31-13-19(29)25-18-7-5-6-14(2)15(18)3/h4-11,21H,1,12-13H2,2-3H3,(H,25,29). The number of rotatable bonds is 9. The summed E-state index contributed by atoms with van der Waals surface area (Å²) in [5, 5.41) is 11.9. The second kappa shape index (κ2) is 10.2. The molecular formula is C22H22F2N4O2S. The maximum absolute atomic E-state index is 12.4. The number of carbonyl (C=O) groups excluding carboxylic acids is 1. The zero-order valence-corrected chi connectivity index (χ0v) is 18.0. The summed E-state index contributed by atoms with van der Waals surface area (Å²) in [6.07, 6.45) is 1.70. The molecule has 3 aromatic rings. The van der Waals surface area contributed by atoms with E-state index in [1.807, 2.05) is 36.6 Å². The van der Waals surface area contributed by atoms with Gasteiger partial charge in [-0.05, 0) is 55.3 Å². The molecule has 0 saturated heterocycles. The number of thioether (sulfide) groups is 1. The molecule has 0 fully saturated rings. The maximum atomic E-state index is 12.4. The Bertz CT molecular complexity index is 1070. The second-order valence-corrected chi connectivity index (χ2v) is 7.64. The second-order valence-electron chi connectivity index (χ2n) is 6.69. The Hall–Kier alpha value is -3.20. The number of nitrogens with zero attached hydrogens (tertiary/aromatic N) is 3. The van der Waals surface area contributed by atoms with E-state index in [1.165, 1.54) is 23.9 Å². The van der Waals surface area contributed by atoms with Gasteiger partial charge in [-0.1, -0.05) is 30.0 Å². The first-order chi connectivity index (χ1) is 14.9. The molecule has 6 nitrogen and oxygen atoms in total. The van der Waals surface area contributed by atoms with Gasteiger partial charge in [0, 0.05) is 17.8 Å². The normalized spacial score (nSPS) is 10.9. The average Bonchev–Trinajstić information content (AvgIpc) is 3.13. The fourth-order valence-corrected chi connectivity index (χ4v) is 3.64. The van der Waals surface area contributed by atoms with Crippen molar-refractivity contribution in [2.24, 2.45) is 0 Å². The lowest BCUT2D eigenvalue weighted by atomic mass is 10.1. The number of aromatic nitrogens is 3. The van der Waals surface area contributed by atoms with Crippen LogP contribution in [0.2, 0.25) is 0 Å². The summed E-state index contributed by atoms with van der Waals surface area (Å²) in [6, 6.07) is 11.9. The highest BCUT2D eigenvalue weighted by Crippen LogP contribution is 2.26. The zero-order valence-electron chi connectivity index (χ0n) is 17.1. The Morgan fingerprint density at radius 3 is 2.65 bits per heavy atom. The number of halogens is 2. The first-order valence-corrected chi connectivity index (χ1v) is 10.5. The van der Waals surface area contributed by atoms with Crippen LogP contribution in [0, 0.1) is 13.8 Å². The number of anilines is 1. The van der Waals surface area contributed by atoms with E-state index in [0.717, 1.165) is 16.8 Å². The molecule has 162 valence electrons. The van der Waals surface area contributed by atoms with Crippen LogP contribution in [0.1, 0.15) is 11.1 Å². The van der Waals surface area contributed by atoms with Crippen LogP contribution in [0.25, 0.3) is 11.4 Å². The molecule has 0 aliphatic carbocycles. The van der Waals surface area contributed by atoms with Gasteiger partial charge in [0.25, 0.3) is 0 Å². The van der Waals surface area contributed by atoms with E-state index < -0.39 is 6.61 Å². The Labute approximate surface area is 183 Å². The summed E-state index contributed by atoms with van der Waals surface area (Å²) in [5.41, 5.74) is 3.59. The Kier molecular flexibility index (Phi) is 7.41. The zero-order chi connectivity index (χ0) is 22.4. The van der Waals surface area contributed by atoms with E-state index >= 15 is 0 Å². The smallest absolute Gasteiger partial charge is 0.387 e. The number of hydrogen-bond donors (Lipinski definition) is 1. The van der Waals surface area contributed by atoms with Gasteiger partial charge < -0.3 is 10.1 Å². The molecule has 3 rings (SSSR count). The number of nitrogens with one attached hydrogen (secondary N) is 1. The third-order valence-corrected chi connectivity index (χ3v) is 5.54.